The predicted octanol–water partition coefficient (Wildman–Crippen LogP) is 3.15. The first-order valence-electron chi connectivity index (χ1n) is 6.44. The summed E-state index contributed by atoms with van der Waals surface area (Å²) in [5.74, 6) is 0.649. The van der Waals surface area contributed by atoms with Crippen molar-refractivity contribution < 1.29 is 4.79 Å². The molecule has 90 valence electrons. The van der Waals surface area contributed by atoms with E-state index in [4.69, 9.17) is 0 Å². The lowest BCUT2D eigenvalue weighted by atomic mass is 9.91. The zero-order valence-electron chi connectivity index (χ0n) is 10.2. The van der Waals surface area contributed by atoms with E-state index in [0.717, 1.165) is 12.1 Å². The molecular weight excluding hydrogens is 212 g/mol. The maximum Gasteiger partial charge on any atom is 0.319 e. The first kappa shape index (κ1) is 10.6. The molecule has 1 heterocycles. The van der Waals surface area contributed by atoms with Gasteiger partial charge in [0.2, 0.25) is 0 Å². The highest BCUT2D eigenvalue weighted by Gasteiger charge is 2.20. The minimum atomic E-state index is -0.0841. The predicted molar refractivity (Wildman–Crippen MR) is 68.3 cm³/mol. The highest BCUT2D eigenvalue weighted by atomic mass is 16.2. The molecule has 0 saturated heterocycles. The molecule has 3 rings (SSSR count). The number of hydrogen-bond acceptors (Lipinski definition) is 1. The van der Waals surface area contributed by atoms with Gasteiger partial charge in [-0.05, 0) is 47.9 Å². The first-order valence-corrected chi connectivity index (χ1v) is 6.44. The molecule has 0 aromatic heterocycles. The molecule has 1 atom stereocenters. The number of fused-ring (bicyclic) bond motifs is 2. The van der Waals surface area contributed by atoms with Crippen molar-refractivity contribution in [2.75, 3.05) is 5.32 Å². The standard InChI is InChI=1S/C14H18N2O/c1-9-4-2-3-5-10-7-13-11(6-12(9)10)8-15-14(17)16-13/h6-7,9H,2-5,8H2,1H3,(H2,15,16,17). The van der Waals surface area contributed by atoms with Gasteiger partial charge in [0, 0.05) is 12.2 Å². The Bertz CT molecular complexity index is 468. The van der Waals surface area contributed by atoms with Crippen molar-refractivity contribution in [2.45, 2.75) is 45.1 Å². The van der Waals surface area contributed by atoms with Crippen LogP contribution in [0.15, 0.2) is 12.1 Å². The topological polar surface area (TPSA) is 41.1 Å². The quantitative estimate of drug-likeness (QED) is 0.660. The zero-order valence-corrected chi connectivity index (χ0v) is 10.2. The van der Waals surface area contributed by atoms with Crippen molar-refractivity contribution in [1.82, 2.24) is 5.32 Å². The van der Waals surface area contributed by atoms with Crippen LogP contribution in [0.1, 0.15) is 48.8 Å². The molecule has 0 fully saturated rings. The van der Waals surface area contributed by atoms with Gasteiger partial charge >= 0.3 is 6.03 Å². The number of nitrogens with one attached hydrogen (secondary N) is 2. The van der Waals surface area contributed by atoms with E-state index in [0.29, 0.717) is 12.5 Å². The molecule has 0 bridgehead atoms. The summed E-state index contributed by atoms with van der Waals surface area (Å²) < 4.78 is 0. The maximum absolute atomic E-state index is 11.3. The van der Waals surface area contributed by atoms with E-state index in [1.54, 1.807) is 0 Å². The Morgan fingerprint density at radius 1 is 1.24 bits per heavy atom. The van der Waals surface area contributed by atoms with E-state index in [-0.39, 0.29) is 6.03 Å². The van der Waals surface area contributed by atoms with Crippen molar-refractivity contribution in [3.05, 3.63) is 28.8 Å². The van der Waals surface area contributed by atoms with Crippen molar-refractivity contribution in [3.63, 3.8) is 0 Å². The lowest BCUT2D eigenvalue weighted by molar-refractivity contribution is 0.251. The monoisotopic (exact) mass is 230 g/mol. The van der Waals surface area contributed by atoms with E-state index in [9.17, 15) is 4.79 Å². The molecule has 3 nitrogen and oxygen atoms in total. The van der Waals surface area contributed by atoms with Crippen LogP contribution in [0.4, 0.5) is 10.5 Å². The van der Waals surface area contributed by atoms with Gasteiger partial charge < -0.3 is 10.6 Å². The summed E-state index contributed by atoms with van der Waals surface area (Å²) in [6.45, 7) is 2.96. The van der Waals surface area contributed by atoms with Crippen LogP contribution in [0.5, 0.6) is 0 Å². The summed E-state index contributed by atoms with van der Waals surface area (Å²) in [7, 11) is 0. The molecule has 1 aliphatic carbocycles. The number of rotatable bonds is 0. The largest absolute Gasteiger partial charge is 0.334 e. The van der Waals surface area contributed by atoms with E-state index >= 15 is 0 Å². The van der Waals surface area contributed by atoms with Crippen molar-refractivity contribution in [2.24, 2.45) is 0 Å². The van der Waals surface area contributed by atoms with Gasteiger partial charge in [-0.2, -0.15) is 0 Å². The third kappa shape index (κ3) is 1.90. The number of carbonyl (C=O) groups excluding carboxylic acids is 1. The van der Waals surface area contributed by atoms with Crippen molar-refractivity contribution in [3.8, 4) is 0 Å². The fourth-order valence-corrected chi connectivity index (χ4v) is 2.91. The van der Waals surface area contributed by atoms with Crippen molar-refractivity contribution in [1.29, 1.82) is 0 Å². The van der Waals surface area contributed by atoms with Crippen LogP contribution < -0.4 is 10.6 Å². The number of carbonyl (C=O) groups is 1. The second kappa shape index (κ2) is 4.06. The molecule has 2 amide bonds. The van der Waals surface area contributed by atoms with Gasteiger partial charge in [-0.1, -0.05) is 19.4 Å². The van der Waals surface area contributed by atoms with Crippen LogP contribution in [0.2, 0.25) is 0 Å². The van der Waals surface area contributed by atoms with Crippen molar-refractivity contribution >= 4 is 11.7 Å². The number of amides is 2. The normalized spacial score (nSPS) is 22.9. The van der Waals surface area contributed by atoms with Gasteiger partial charge in [0.25, 0.3) is 0 Å². The summed E-state index contributed by atoms with van der Waals surface area (Å²) in [6, 6.07) is 4.39. The first-order chi connectivity index (χ1) is 8.24. The molecule has 17 heavy (non-hydrogen) atoms. The molecule has 2 N–H and O–H groups in total. The Labute approximate surface area is 102 Å². The lowest BCUT2D eigenvalue weighted by Crippen LogP contribution is -2.33. The van der Waals surface area contributed by atoms with E-state index in [1.165, 1.54) is 36.0 Å². The Morgan fingerprint density at radius 2 is 2.12 bits per heavy atom. The summed E-state index contributed by atoms with van der Waals surface area (Å²) in [6.07, 6.45) is 5.01. The molecule has 1 aromatic carbocycles. The van der Waals surface area contributed by atoms with Gasteiger partial charge in [-0.15, -0.1) is 0 Å². The second-order valence-electron chi connectivity index (χ2n) is 5.16. The Morgan fingerprint density at radius 3 is 3.00 bits per heavy atom. The molecule has 1 aliphatic heterocycles. The number of urea groups is 1. The zero-order chi connectivity index (χ0) is 11.8. The Kier molecular flexibility index (Phi) is 2.54. The van der Waals surface area contributed by atoms with E-state index in [2.05, 4.69) is 29.7 Å². The molecular formula is C14H18N2O. The molecule has 0 radical (unpaired) electrons. The number of hydrogen-bond donors (Lipinski definition) is 2. The van der Waals surface area contributed by atoms with Crippen LogP contribution in [0, 0.1) is 0 Å². The molecule has 1 aromatic rings. The van der Waals surface area contributed by atoms with Gasteiger partial charge in [0.1, 0.15) is 0 Å². The number of anilines is 1. The van der Waals surface area contributed by atoms with Crippen LogP contribution in [0.25, 0.3) is 0 Å². The third-order valence-electron chi connectivity index (χ3n) is 3.92. The Balaban J connectivity index is 2.06. The molecule has 0 saturated carbocycles. The fourth-order valence-electron chi connectivity index (χ4n) is 2.91. The highest BCUT2D eigenvalue weighted by molar-refractivity contribution is 5.92. The third-order valence-corrected chi connectivity index (χ3v) is 3.92. The highest BCUT2D eigenvalue weighted by Crippen LogP contribution is 2.34. The molecule has 2 aliphatic rings. The summed E-state index contributed by atoms with van der Waals surface area (Å²) in [5, 5.41) is 5.72. The average Bonchev–Trinajstić information content (AvgIpc) is 2.49. The summed E-state index contributed by atoms with van der Waals surface area (Å²) >= 11 is 0. The fraction of sp³-hybridized carbons (Fsp3) is 0.500. The SMILES string of the molecule is CC1CCCCc2cc3c(cc21)CNC(=O)N3. The van der Waals surface area contributed by atoms with Crippen LogP contribution in [-0.4, -0.2) is 6.03 Å². The van der Waals surface area contributed by atoms with Gasteiger partial charge in [-0.3, -0.25) is 0 Å². The minimum Gasteiger partial charge on any atom is -0.334 e. The van der Waals surface area contributed by atoms with E-state index in [1.807, 2.05) is 0 Å². The summed E-state index contributed by atoms with van der Waals surface area (Å²) in [5.41, 5.74) is 5.13. The number of aryl methyl sites for hydroxylation is 1. The van der Waals surface area contributed by atoms with Gasteiger partial charge in [0.15, 0.2) is 0 Å². The molecule has 3 heteroatoms. The summed E-state index contributed by atoms with van der Waals surface area (Å²) in [4.78, 5) is 11.3. The smallest absolute Gasteiger partial charge is 0.319 e. The van der Waals surface area contributed by atoms with E-state index < -0.39 is 0 Å². The second-order valence-corrected chi connectivity index (χ2v) is 5.16. The molecule has 1 unspecified atom stereocenters. The van der Waals surface area contributed by atoms with Crippen LogP contribution >= 0.6 is 0 Å². The van der Waals surface area contributed by atoms with Crippen LogP contribution in [0.3, 0.4) is 0 Å². The van der Waals surface area contributed by atoms with Crippen LogP contribution in [-0.2, 0) is 13.0 Å². The molecule has 0 spiro atoms. The lowest BCUT2D eigenvalue weighted by Gasteiger charge is -2.22. The van der Waals surface area contributed by atoms with Gasteiger partial charge in [-0.25, -0.2) is 4.79 Å². The van der Waals surface area contributed by atoms with Gasteiger partial charge in [0.05, 0.1) is 0 Å². The minimum absolute atomic E-state index is 0.0841. The Hall–Kier alpha value is -1.51. The number of benzene rings is 1. The average molecular weight is 230 g/mol. The maximum atomic E-state index is 11.3.